The predicted molar refractivity (Wildman–Crippen MR) is 119 cm³/mol. The van der Waals surface area contributed by atoms with E-state index in [4.69, 9.17) is 9.72 Å². The number of ether oxygens (including phenoxy) is 1. The second kappa shape index (κ2) is 8.04. The Morgan fingerprint density at radius 2 is 1.84 bits per heavy atom. The minimum Gasteiger partial charge on any atom is -0.456 e. The molecule has 0 radical (unpaired) electrons. The van der Waals surface area contributed by atoms with E-state index >= 15 is 0 Å². The van der Waals surface area contributed by atoms with Gasteiger partial charge in [0.15, 0.2) is 5.82 Å². The maximum Gasteiger partial charge on any atom is 0.316 e. The van der Waals surface area contributed by atoms with Crippen molar-refractivity contribution < 1.29 is 9.13 Å². The van der Waals surface area contributed by atoms with Crippen molar-refractivity contribution in [3.05, 3.63) is 64.3 Å². The van der Waals surface area contributed by atoms with Crippen LogP contribution in [-0.2, 0) is 6.61 Å². The van der Waals surface area contributed by atoms with Crippen LogP contribution in [0.5, 0.6) is 6.01 Å². The number of fused-ring (bicyclic) bond motifs is 1. The zero-order chi connectivity index (χ0) is 22.2. The van der Waals surface area contributed by atoms with Crippen LogP contribution in [0.15, 0.2) is 36.5 Å². The van der Waals surface area contributed by atoms with Crippen LogP contribution in [0, 0.1) is 26.6 Å². The van der Waals surface area contributed by atoms with E-state index in [-0.39, 0.29) is 12.1 Å². The van der Waals surface area contributed by atoms with Gasteiger partial charge in [0, 0.05) is 17.5 Å². The quantitative estimate of drug-likeness (QED) is 0.421. The maximum absolute atomic E-state index is 14.3. The number of hydrogen-bond donors (Lipinski definition) is 1. The molecule has 0 spiro atoms. The Kier molecular flexibility index (Phi) is 5.06. The van der Waals surface area contributed by atoms with Gasteiger partial charge in [0.2, 0.25) is 0 Å². The van der Waals surface area contributed by atoms with Gasteiger partial charge in [0.1, 0.15) is 22.6 Å². The van der Waals surface area contributed by atoms with Crippen molar-refractivity contribution in [1.29, 1.82) is 0 Å². The maximum atomic E-state index is 14.3. The summed E-state index contributed by atoms with van der Waals surface area (Å²) >= 11 is 1.49. The molecule has 0 aliphatic carbocycles. The number of thiazole rings is 1. The highest BCUT2D eigenvalue weighted by Crippen LogP contribution is 2.31. The standard InChI is InChI=1S/C22H18FN7OS/c1-11-9-24-22(26-12(11)2)31-10-19-25-13(3)21(32-19)17-6-4-5-16(27-17)14-7-15(23)20-18(8-14)28-30-29-20/h4-9H,10H2,1-3H3,(H,28,29,30). The number of hydrogen-bond acceptors (Lipinski definition) is 8. The Balaban J connectivity index is 1.41. The fourth-order valence-corrected chi connectivity index (χ4v) is 4.18. The van der Waals surface area contributed by atoms with Crippen LogP contribution in [0.3, 0.4) is 0 Å². The smallest absolute Gasteiger partial charge is 0.316 e. The minimum atomic E-state index is -0.444. The molecule has 5 rings (SSSR count). The van der Waals surface area contributed by atoms with Crippen molar-refractivity contribution in [2.24, 2.45) is 0 Å². The van der Waals surface area contributed by atoms with Crippen molar-refractivity contribution in [2.45, 2.75) is 27.4 Å². The number of aromatic nitrogens is 7. The van der Waals surface area contributed by atoms with Gasteiger partial charge in [-0.2, -0.15) is 15.4 Å². The van der Waals surface area contributed by atoms with Gasteiger partial charge in [-0.15, -0.1) is 11.3 Å². The lowest BCUT2D eigenvalue weighted by Crippen LogP contribution is -2.01. The molecule has 4 heterocycles. The van der Waals surface area contributed by atoms with Gasteiger partial charge in [-0.25, -0.2) is 24.3 Å². The third-order valence-electron chi connectivity index (χ3n) is 5.02. The third kappa shape index (κ3) is 3.80. The molecular weight excluding hydrogens is 429 g/mol. The Morgan fingerprint density at radius 3 is 2.69 bits per heavy atom. The average molecular weight is 447 g/mol. The van der Waals surface area contributed by atoms with E-state index in [9.17, 15) is 4.39 Å². The van der Waals surface area contributed by atoms with E-state index in [2.05, 4.69) is 30.4 Å². The molecule has 0 fully saturated rings. The topological polar surface area (TPSA) is 102 Å². The molecule has 1 aromatic carbocycles. The Hall–Kier alpha value is -3.79. The number of rotatable bonds is 5. The second-order valence-corrected chi connectivity index (χ2v) is 8.37. The summed E-state index contributed by atoms with van der Waals surface area (Å²) in [5, 5.41) is 11.0. The van der Waals surface area contributed by atoms with Crippen molar-refractivity contribution in [1.82, 2.24) is 35.3 Å². The molecule has 4 aromatic heterocycles. The summed E-state index contributed by atoms with van der Waals surface area (Å²) in [6.07, 6.45) is 1.74. The first-order valence-corrected chi connectivity index (χ1v) is 10.7. The molecule has 10 heteroatoms. The fourth-order valence-electron chi connectivity index (χ4n) is 3.23. The molecule has 0 amide bonds. The van der Waals surface area contributed by atoms with Crippen molar-refractivity contribution in [3.63, 3.8) is 0 Å². The van der Waals surface area contributed by atoms with E-state index < -0.39 is 5.82 Å². The molecule has 1 N–H and O–H groups in total. The number of nitrogens with zero attached hydrogens (tertiary/aromatic N) is 6. The van der Waals surface area contributed by atoms with Gasteiger partial charge in [0.05, 0.1) is 22.0 Å². The lowest BCUT2D eigenvalue weighted by Gasteiger charge is -2.05. The number of pyridine rings is 1. The first-order valence-electron chi connectivity index (χ1n) is 9.85. The van der Waals surface area contributed by atoms with Crippen LogP contribution in [-0.4, -0.2) is 35.3 Å². The monoisotopic (exact) mass is 447 g/mol. The summed E-state index contributed by atoms with van der Waals surface area (Å²) in [4.78, 5) is 18.8. The molecule has 32 heavy (non-hydrogen) atoms. The first-order chi connectivity index (χ1) is 15.5. The minimum absolute atomic E-state index is 0.209. The van der Waals surface area contributed by atoms with Crippen LogP contribution in [0.1, 0.15) is 22.0 Å². The number of aryl methyl sites for hydroxylation is 3. The van der Waals surface area contributed by atoms with Crippen LogP contribution < -0.4 is 4.74 Å². The molecule has 0 aliphatic rings. The highest BCUT2D eigenvalue weighted by Gasteiger charge is 2.15. The number of benzene rings is 1. The van der Waals surface area contributed by atoms with Gasteiger partial charge < -0.3 is 4.74 Å². The molecule has 0 saturated heterocycles. The van der Waals surface area contributed by atoms with Gasteiger partial charge >= 0.3 is 6.01 Å². The summed E-state index contributed by atoms with van der Waals surface area (Å²) in [5.74, 6) is -0.444. The fraction of sp³-hybridized carbons (Fsp3) is 0.182. The summed E-state index contributed by atoms with van der Waals surface area (Å²) in [7, 11) is 0. The summed E-state index contributed by atoms with van der Waals surface area (Å²) < 4.78 is 20.1. The molecule has 0 aliphatic heterocycles. The van der Waals surface area contributed by atoms with Gasteiger partial charge in [0.25, 0.3) is 0 Å². The number of H-pyrrole nitrogens is 1. The Morgan fingerprint density at radius 1 is 1.00 bits per heavy atom. The number of halogens is 1. The van der Waals surface area contributed by atoms with Crippen molar-refractivity contribution >= 4 is 22.4 Å². The average Bonchev–Trinajstić information content (AvgIpc) is 3.41. The number of nitrogens with one attached hydrogen (secondary N) is 1. The van der Waals surface area contributed by atoms with E-state index in [0.717, 1.165) is 32.5 Å². The van der Waals surface area contributed by atoms with E-state index in [1.165, 1.54) is 17.4 Å². The zero-order valence-corrected chi connectivity index (χ0v) is 18.4. The van der Waals surface area contributed by atoms with E-state index in [0.29, 0.717) is 22.8 Å². The Bertz CT molecular complexity index is 1450. The largest absolute Gasteiger partial charge is 0.456 e. The lowest BCUT2D eigenvalue weighted by molar-refractivity contribution is 0.279. The van der Waals surface area contributed by atoms with Gasteiger partial charge in [-0.05, 0) is 50.6 Å². The highest BCUT2D eigenvalue weighted by molar-refractivity contribution is 7.15. The molecular formula is C22H18FN7OS. The van der Waals surface area contributed by atoms with Crippen LogP contribution in [0.2, 0.25) is 0 Å². The van der Waals surface area contributed by atoms with Crippen molar-refractivity contribution in [2.75, 3.05) is 0 Å². The Labute approximate surface area is 186 Å². The molecule has 160 valence electrons. The van der Waals surface area contributed by atoms with Crippen LogP contribution >= 0.6 is 11.3 Å². The summed E-state index contributed by atoms with van der Waals surface area (Å²) in [5.41, 5.74) is 5.42. The van der Waals surface area contributed by atoms with Gasteiger partial charge in [-0.1, -0.05) is 6.07 Å². The van der Waals surface area contributed by atoms with Crippen LogP contribution in [0.25, 0.3) is 32.9 Å². The molecule has 0 saturated carbocycles. The van der Waals surface area contributed by atoms with E-state index in [1.807, 2.05) is 39.0 Å². The highest BCUT2D eigenvalue weighted by atomic mass is 32.1. The zero-order valence-electron chi connectivity index (χ0n) is 17.5. The summed E-state index contributed by atoms with van der Waals surface area (Å²) in [6.45, 7) is 6.06. The van der Waals surface area contributed by atoms with Crippen LogP contribution in [0.4, 0.5) is 4.39 Å². The molecule has 0 unspecified atom stereocenters. The lowest BCUT2D eigenvalue weighted by atomic mass is 10.1. The molecule has 5 aromatic rings. The summed E-state index contributed by atoms with van der Waals surface area (Å²) in [6, 6.07) is 9.14. The SMILES string of the molecule is Cc1cnc(OCc2nc(C)c(-c3cccc(-c4cc(F)c5n[nH]nc5c4)n3)s2)nc1C. The normalized spacial score (nSPS) is 11.2. The predicted octanol–water partition coefficient (Wildman–Crippen LogP) is 4.58. The molecule has 0 atom stereocenters. The number of aromatic amines is 1. The van der Waals surface area contributed by atoms with Crippen molar-refractivity contribution in [3.8, 4) is 27.8 Å². The second-order valence-electron chi connectivity index (χ2n) is 7.29. The van der Waals surface area contributed by atoms with E-state index in [1.54, 1.807) is 12.3 Å². The third-order valence-corrected chi connectivity index (χ3v) is 6.17. The first kappa shape index (κ1) is 20.1. The molecule has 0 bridgehead atoms. The molecule has 8 nitrogen and oxygen atoms in total. The van der Waals surface area contributed by atoms with Gasteiger partial charge in [-0.3, -0.25) is 0 Å².